The topological polar surface area (TPSA) is 66.4 Å². The number of rotatable bonds is 7. The van der Waals surface area contributed by atoms with Crippen molar-refractivity contribution in [1.82, 2.24) is 5.32 Å². The molecule has 3 saturated carbocycles. The molecular formula is C28H47NO3. The van der Waals surface area contributed by atoms with Crippen LogP contribution in [0.1, 0.15) is 105 Å². The lowest BCUT2D eigenvalue weighted by Crippen LogP contribution is -2.63. The van der Waals surface area contributed by atoms with Crippen LogP contribution in [0.25, 0.3) is 0 Å². The zero-order valence-corrected chi connectivity index (χ0v) is 21.2. The Balaban J connectivity index is 1.58. The number of carboxylic acid groups (broad SMARTS) is 1. The number of aliphatic carboxylic acids is 1. The molecule has 4 rings (SSSR count). The predicted octanol–water partition coefficient (Wildman–Crippen LogP) is 6.29. The Morgan fingerprint density at radius 3 is 2.47 bits per heavy atom. The monoisotopic (exact) mass is 445 g/mol. The summed E-state index contributed by atoms with van der Waals surface area (Å²) < 4.78 is 0. The van der Waals surface area contributed by atoms with Gasteiger partial charge < -0.3 is 10.4 Å². The van der Waals surface area contributed by atoms with Crippen molar-refractivity contribution in [2.75, 3.05) is 0 Å². The SMILES string of the molecule is CC(C)CCC[C@@H](C)[C@H]1CC[C@H]2[C@@H]3C(CC(=O)O)CC4NC(=O)CC[C@]4(C)[C@H]3CC[C@]12C. The molecule has 4 heteroatoms. The van der Waals surface area contributed by atoms with Crippen molar-refractivity contribution in [2.45, 2.75) is 111 Å². The summed E-state index contributed by atoms with van der Waals surface area (Å²) in [4.78, 5) is 24.1. The zero-order valence-electron chi connectivity index (χ0n) is 21.2. The predicted molar refractivity (Wildman–Crippen MR) is 128 cm³/mol. The first kappa shape index (κ1) is 24.1. The Hall–Kier alpha value is -1.06. The van der Waals surface area contributed by atoms with Gasteiger partial charge in [0.15, 0.2) is 0 Å². The van der Waals surface area contributed by atoms with Gasteiger partial charge in [-0.25, -0.2) is 0 Å². The van der Waals surface area contributed by atoms with Crippen molar-refractivity contribution in [3.63, 3.8) is 0 Å². The summed E-state index contributed by atoms with van der Waals surface area (Å²) in [5.74, 6) is 3.75. The van der Waals surface area contributed by atoms with Crippen molar-refractivity contribution in [1.29, 1.82) is 0 Å². The maximum absolute atomic E-state index is 12.2. The average molecular weight is 446 g/mol. The molecule has 9 atom stereocenters. The number of carbonyl (C=O) groups is 2. The summed E-state index contributed by atoms with van der Waals surface area (Å²) in [5.41, 5.74) is 0.492. The van der Waals surface area contributed by atoms with Crippen LogP contribution in [-0.2, 0) is 9.59 Å². The molecule has 0 aromatic heterocycles. The van der Waals surface area contributed by atoms with E-state index in [0.717, 1.165) is 30.6 Å². The van der Waals surface area contributed by atoms with Gasteiger partial charge in [0.05, 0.1) is 0 Å². The Bertz CT molecular complexity index is 719. The highest BCUT2D eigenvalue weighted by Gasteiger charge is 2.63. The molecule has 1 heterocycles. The highest BCUT2D eigenvalue weighted by molar-refractivity contribution is 5.77. The van der Waals surface area contributed by atoms with Crippen molar-refractivity contribution < 1.29 is 14.7 Å². The third-order valence-corrected chi connectivity index (χ3v) is 10.9. The van der Waals surface area contributed by atoms with Crippen LogP contribution < -0.4 is 5.32 Å². The van der Waals surface area contributed by atoms with Crippen LogP contribution in [0.3, 0.4) is 0 Å². The van der Waals surface area contributed by atoms with E-state index in [-0.39, 0.29) is 29.7 Å². The van der Waals surface area contributed by atoms with Gasteiger partial charge in [-0.05, 0) is 90.8 Å². The Morgan fingerprint density at radius 1 is 1.06 bits per heavy atom. The van der Waals surface area contributed by atoms with E-state index in [4.69, 9.17) is 0 Å². The minimum atomic E-state index is -0.664. The standard InChI is InChI=1S/C28H47NO3/c1-17(2)7-6-8-18(3)20-9-10-21-26-19(16-25(31)32)15-23-28(5,14-12-24(30)29-23)22(26)11-13-27(20,21)4/h17-23,26H,6-16H2,1-5H3,(H,29,30)(H,31,32)/t18-,19?,20-,21+,22+,23?,26+,27-,28-/m1/s1. The summed E-state index contributed by atoms with van der Waals surface area (Å²) in [7, 11) is 0. The van der Waals surface area contributed by atoms with Gasteiger partial charge in [-0.3, -0.25) is 9.59 Å². The minimum absolute atomic E-state index is 0.135. The molecule has 1 amide bonds. The molecule has 2 N–H and O–H groups in total. The summed E-state index contributed by atoms with van der Waals surface area (Å²) in [5, 5.41) is 13.1. The van der Waals surface area contributed by atoms with Crippen LogP contribution in [0.4, 0.5) is 0 Å². The summed E-state index contributed by atoms with van der Waals surface area (Å²) in [6.45, 7) is 12.1. The van der Waals surface area contributed by atoms with E-state index in [1.807, 2.05) is 0 Å². The fraction of sp³-hybridized carbons (Fsp3) is 0.929. The molecule has 0 radical (unpaired) electrons. The molecule has 0 aromatic rings. The van der Waals surface area contributed by atoms with Gasteiger partial charge in [0.2, 0.25) is 5.91 Å². The highest BCUT2D eigenvalue weighted by Crippen LogP contribution is 2.68. The number of amides is 1. The first-order valence-electron chi connectivity index (χ1n) is 13.6. The lowest BCUT2D eigenvalue weighted by atomic mass is 9.44. The van der Waals surface area contributed by atoms with Crippen molar-refractivity contribution in [2.24, 2.45) is 52.3 Å². The van der Waals surface area contributed by atoms with Gasteiger partial charge >= 0.3 is 5.97 Å². The van der Waals surface area contributed by atoms with Crippen molar-refractivity contribution >= 4 is 11.9 Å². The maximum Gasteiger partial charge on any atom is 0.303 e. The van der Waals surface area contributed by atoms with E-state index >= 15 is 0 Å². The van der Waals surface area contributed by atoms with Crippen LogP contribution in [0.5, 0.6) is 0 Å². The van der Waals surface area contributed by atoms with Crippen LogP contribution in [0.2, 0.25) is 0 Å². The second-order valence-corrected chi connectivity index (χ2v) is 13.0. The molecule has 1 saturated heterocycles. The van der Waals surface area contributed by atoms with Gasteiger partial charge in [-0.1, -0.05) is 53.9 Å². The van der Waals surface area contributed by atoms with Gasteiger partial charge in [-0.2, -0.15) is 0 Å². The molecule has 1 aliphatic heterocycles. The second-order valence-electron chi connectivity index (χ2n) is 13.0. The van der Waals surface area contributed by atoms with Crippen LogP contribution >= 0.6 is 0 Å². The molecular weight excluding hydrogens is 398 g/mol. The fourth-order valence-corrected chi connectivity index (χ4v) is 9.31. The van der Waals surface area contributed by atoms with Gasteiger partial charge in [-0.15, -0.1) is 0 Å². The molecule has 32 heavy (non-hydrogen) atoms. The van der Waals surface area contributed by atoms with E-state index in [9.17, 15) is 14.7 Å². The number of hydrogen-bond acceptors (Lipinski definition) is 2. The maximum atomic E-state index is 12.2. The quantitative estimate of drug-likeness (QED) is 0.484. The number of piperidine rings is 1. The van der Waals surface area contributed by atoms with Crippen LogP contribution in [0, 0.1) is 52.3 Å². The fourth-order valence-electron chi connectivity index (χ4n) is 9.31. The first-order valence-corrected chi connectivity index (χ1v) is 13.6. The van der Waals surface area contributed by atoms with Crippen LogP contribution in [-0.4, -0.2) is 23.0 Å². The summed E-state index contributed by atoms with van der Waals surface area (Å²) in [6, 6.07) is 0.158. The normalized spacial score (nSPS) is 44.4. The van der Waals surface area contributed by atoms with E-state index in [1.54, 1.807) is 0 Å². The zero-order chi connectivity index (χ0) is 23.3. The van der Waals surface area contributed by atoms with Gasteiger partial charge in [0, 0.05) is 18.9 Å². The lowest BCUT2D eigenvalue weighted by molar-refractivity contribution is -0.154. The largest absolute Gasteiger partial charge is 0.481 e. The number of nitrogens with one attached hydrogen (secondary N) is 1. The number of hydrogen-bond donors (Lipinski definition) is 2. The highest BCUT2D eigenvalue weighted by atomic mass is 16.4. The summed E-state index contributed by atoms with van der Waals surface area (Å²) in [6.07, 6.45) is 11.8. The number of fused-ring (bicyclic) bond motifs is 5. The average Bonchev–Trinajstić information content (AvgIpc) is 3.05. The van der Waals surface area contributed by atoms with E-state index in [1.165, 1.54) is 44.9 Å². The lowest BCUT2D eigenvalue weighted by Gasteiger charge is -2.62. The Morgan fingerprint density at radius 2 is 1.78 bits per heavy atom. The van der Waals surface area contributed by atoms with Crippen molar-refractivity contribution in [3.8, 4) is 0 Å². The third kappa shape index (κ3) is 4.13. The van der Waals surface area contributed by atoms with Crippen LogP contribution in [0.15, 0.2) is 0 Å². The second kappa shape index (κ2) is 8.95. The molecule has 4 fully saturated rings. The van der Waals surface area contributed by atoms with E-state index < -0.39 is 5.97 Å². The Labute approximate surface area is 195 Å². The van der Waals surface area contributed by atoms with Gasteiger partial charge in [0.1, 0.15) is 0 Å². The third-order valence-electron chi connectivity index (χ3n) is 10.9. The molecule has 182 valence electrons. The van der Waals surface area contributed by atoms with Gasteiger partial charge in [0.25, 0.3) is 0 Å². The van der Waals surface area contributed by atoms with Crippen molar-refractivity contribution in [3.05, 3.63) is 0 Å². The minimum Gasteiger partial charge on any atom is -0.481 e. The summed E-state index contributed by atoms with van der Waals surface area (Å²) >= 11 is 0. The molecule has 2 unspecified atom stereocenters. The molecule has 3 aliphatic carbocycles. The molecule has 4 aliphatic rings. The molecule has 4 nitrogen and oxygen atoms in total. The van der Waals surface area contributed by atoms with E-state index in [0.29, 0.717) is 29.6 Å². The molecule has 0 aromatic carbocycles. The number of carbonyl (C=O) groups excluding carboxylic acids is 1. The van der Waals surface area contributed by atoms with E-state index in [2.05, 4.69) is 39.9 Å². The number of carboxylic acids is 1. The molecule has 0 bridgehead atoms. The Kier molecular flexibility index (Phi) is 6.73. The first-order chi connectivity index (χ1) is 15.1. The smallest absolute Gasteiger partial charge is 0.303 e. The molecule has 0 spiro atoms.